The highest BCUT2D eigenvalue weighted by molar-refractivity contribution is 5.92. The number of carbonyl (C=O) groups excluding carboxylic acids is 1. The third kappa shape index (κ3) is 3.67. The van der Waals surface area contributed by atoms with Crippen LogP contribution in [0.3, 0.4) is 0 Å². The first-order chi connectivity index (χ1) is 13.1. The maximum absolute atomic E-state index is 13.0. The number of aryl methyl sites for hydroxylation is 1. The van der Waals surface area contributed by atoms with E-state index in [0.29, 0.717) is 36.5 Å². The van der Waals surface area contributed by atoms with Gasteiger partial charge in [0.15, 0.2) is 11.5 Å². The topological polar surface area (TPSA) is 76.6 Å². The van der Waals surface area contributed by atoms with Crippen molar-refractivity contribution in [3.63, 3.8) is 0 Å². The molecule has 1 aromatic heterocycles. The summed E-state index contributed by atoms with van der Waals surface area (Å²) in [6.45, 7) is 3.07. The molecule has 4 rings (SSSR count). The summed E-state index contributed by atoms with van der Waals surface area (Å²) in [6, 6.07) is 6.16. The molecule has 2 heterocycles. The third-order valence-corrected chi connectivity index (χ3v) is 4.99. The van der Waals surface area contributed by atoms with E-state index in [4.69, 9.17) is 9.47 Å². The van der Waals surface area contributed by atoms with Gasteiger partial charge in [0.25, 0.3) is 5.91 Å². The number of hydrogen-bond donors (Lipinski definition) is 1. The van der Waals surface area contributed by atoms with Crippen molar-refractivity contribution < 1.29 is 14.3 Å². The number of nitrogens with one attached hydrogen (secondary N) is 1. The highest BCUT2D eigenvalue weighted by Crippen LogP contribution is 2.33. The van der Waals surface area contributed by atoms with Gasteiger partial charge >= 0.3 is 0 Å². The number of ether oxygens (including phenoxy) is 2. The molecule has 0 spiro atoms. The Bertz CT molecular complexity index is 880. The number of anilines is 1. The van der Waals surface area contributed by atoms with Crippen molar-refractivity contribution in [1.29, 1.82) is 0 Å². The summed E-state index contributed by atoms with van der Waals surface area (Å²) in [6.07, 6.45) is 3.04. The molecular weight excluding hydrogens is 344 g/mol. The summed E-state index contributed by atoms with van der Waals surface area (Å²) in [5.74, 6) is 1.88. The predicted octanol–water partition coefficient (Wildman–Crippen LogP) is 2.58. The second kappa shape index (κ2) is 7.06. The molecule has 0 unspecified atom stereocenters. The van der Waals surface area contributed by atoms with Gasteiger partial charge in [0.1, 0.15) is 5.69 Å². The van der Waals surface area contributed by atoms with Crippen molar-refractivity contribution in [3.05, 3.63) is 40.7 Å². The Balaban J connectivity index is 1.56. The molecule has 142 valence electrons. The van der Waals surface area contributed by atoms with Crippen LogP contribution in [0.5, 0.6) is 11.5 Å². The van der Waals surface area contributed by atoms with E-state index in [0.717, 1.165) is 36.3 Å². The van der Waals surface area contributed by atoms with E-state index in [1.807, 2.05) is 24.0 Å². The zero-order chi connectivity index (χ0) is 19.0. The highest BCUT2D eigenvalue weighted by atomic mass is 16.5. The zero-order valence-corrected chi connectivity index (χ0v) is 15.9. The minimum absolute atomic E-state index is 0.0696. The van der Waals surface area contributed by atoms with Crippen molar-refractivity contribution in [2.24, 2.45) is 0 Å². The van der Waals surface area contributed by atoms with E-state index in [-0.39, 0.29) is 5.91 Å². The van der Waals surface area contributed by atoms with Crippen molar-refractivity contribution >= 4 is 11.9 Å². The van der Waals surface area contributed by atoms with Crippen LogP contribution in [-0.2, 0) is 13.0 Å². The minimum atomic E-state index is -0.0696. The first-order valence-corrected chi connectivity index (χ1v) is 9.22. The average Bonchev–Trinajstić information content (AvgIpc) is 3.49. The second-order valence-corrected chi connectivity index (χ2v) is 7.09. The molecule has 7 nitrogen and oxygen atoms in total. The van der Waals surface area contributed by atoms with Crippen LogP contribution in [0.4, 0.5) is 5.95 Å². The summed E-state index contributed by atoms with van der Waals surface area (Å²) in [4.78, 5) is 23.7. The molecule has 1 saturated carbocycles. The summed E-state index contributed by atoms with van der Waals surface area (Å²) in [5.41, 5.74) is 3.50. The van der Waals surface area contributed by atoms with Gasteiger partial charge in [-0.3, -0.25) is 4.79 Å². The van der Waals surface area contributed by atoms with Crippen LogP contribution in [-0.4, -0.2) is 47.6 Å². The fourth-order valence-corrected chi connectivity index (χ4v) is 3.37. The fourth-order valence-electron chi connectivity index (χ4n) is 3.37. The van der Waals surface area contributed by atoms with Crippen molar-refractivity contribution in [3.8, 4) is 11.5 Å². The number of rotatable bonds is 5. The van der Waals surface area contributed by atoms with Crippen LogP contribution in [0.1, 0.15) is 40.2 Å². The van der Waals surface area contributed by atoms with E-state index in [9.17, 15) is 4.79 Å². The van der Waals surface area contributed by atoms with Gasteiger partial charge in [-0.05, 0) is 55.5 Å². The van der Waals surface area contributed by atoms with Gasteiger partial charge in [-0.2, -0.15) is 0 Å². The summed E-state index contributed by atoms with van der Waals surface area (Å²) >= 11 is 0. The van der Waals surface area contributed by atoms with E-state index < -0.39 is 0 Å². The predicted molar refractivity (Wildman–Crippen MR) is 101 cm³/mol. The Morgan fingerprint density at radius 3 is 2.48 bits per heavy atom. The number of aromatic nitrogens is 2. The Morgan fingerprint density at radius 2 is 1.81 bits per heavy atom. The van der Waals surface area contributed by atoms with Crippen LogP contribution < -0.4 is 14.8 Å². The van der Waals surface area contributed by atoms with Gasteiger partial charge in [-0.15, -0.1) is 0 Å². The number of nitrogens with zero attached hydrogens (tertiary/aromatic N) is 3. The van der Waals surface area contributed by atoms with Gasteiger partial charge in [0.05, 0.1) is 14.2 Å². The molecule has 27 heavy (non-hydrogen) atoms. The first kappa shape index (κ1) is 17.6. The maximum Gasteiger partial charge on any atom is 0.272 e. The van der Waals surface area contributed by atoms with E-state index in [1.54, 1.807) is 20.3 Å². The Morgan fingerprint density at radius 1 is 1.11 bits per heavy atom. The molecule has 2 aliphatic rings. The number of fused-ring (bicyclic) bond motifs is 1. The number of benzene rings is 1. The lowest BCUT2D eigenvalue weighted by Crippen LogP contribution is -2.36. The number of amides is 1. The third-order valence-electron chi connectivity index (χ3n) is 4.99. The van der Waals surface area contributed by atoms with E-state index in [1.165, 1.54) is 5.56 Å². The lowest BCUT2D eigenvalue weighted by Gasteiger charge is -2.29. The van der Waals surface area contributed by atoms with Gasteiger partial charge in [-0.1, -0.05) is 0 Å². The Kier molecular flexibility index (Phi) is 4.59. The summed E-state index contributed by atoms with van der Waals surface area (Å²) < 4.78 is 10.8. The lowest BCUT2D eigenvalue weighted by molar-refractivity contribution is 0.0728. The molecule has 1 aromatic carbocycles. The normalized spacial score (nSPS) is 15.9. The molecule has 1 amide bonds. The van der Waals surface area contributed by atoms with Crippen LogP contribution in [0.2, 0.25) is 0 Å². The molecule has 7 heteroatoms. The number of methoxy groups -OCH3 is 2. The fraction of sp³-hybridized carbons (Fsp3) is 0.450. The molecular formula is C20H24N4O3. The van der Waals surface area contributed by atoms with Crippen molar-refractivity contribution in [2.45, 2.75) is 38.8 Å². The highest BCUT2D eigenvalue weighted by Gasteiger charge is 2.26. The maximum atomic E-state index is 13.0. The van der Waals surface area contributed by atoms with Crippen molar-refractivity contribution in [2.75, 3.05) is 26.1 Å². The SMILES string of the molecule is COc1cc2c(cc1OC)CN(C(=O)c1cc(C)nc(NC3CC3)n1)CC2. The molecule has 0 atom stereocenters. The standard InChI is InChI=1S/C20H24N4O3/c1-12-8-16(23-20(21-12)22-15-4-5-15)19(25)24-7-6-13-9-17(26-2)18(27-3)10-14(13)11-24/h8-10,15H,4-7,11H2,1-3H3,(H,21,22,23). The first-order valence-electron chi connectivity index (χ1n) is 9.22. The van der Waals surface area contributed by atoms with Gasteiger partial charge in [0, 0.05) is 24.8 Å². The minimum Gasteiger partial charge on any atom is -0.493 e. The largest absolute Gasteiger partial charge is 0.493 e. The van der Waals surface area contributed by atoms with E-state index in [2.05, 4.69) is 15.3 Å². The molecule has 1 fully saturated rings. The zero-order valence-electron chi connectivity index (χ0n) is 15.9. The summed E-state index contributed by atoms with van der Waals surface area (Å²) in [7, 11) is 3.25. The smallest absolute Gasteiger partial charge is 0.272 e. The average molecular weight is 368 g/mol. The number of hydrogen-bond acceptors (Lipinski definition) is 6. The summed E-state index contributed by atoms with van der Waals surface area (Å²) in [5, 5.41) is 3.27. The van der Waals surface area contributed by atoms with Crippen LogP contribution in [0, 0.1) is 6.92 Å². The molecule has 1 aliphatic heterocycles. The monoisotopic (exact) mass is 368 g/mol. The number of carbonyl (C=O) groups is 1. The van der Waals surface area contributed by atoms with Crippen LogP contribution in [0.25, 0.3) is 0 Å². The Hall–Kier alpha value is -2.83. The van der Waals surface area contributed by atoms with Crippen molar-refractivity contribution in [1.82, 2.24) is 14.9 Å². The second-order valence-electron chi connectivity index (χ2n) is 7.09. The van der Waals surface area contributed by atoms with Gasteiger partial charge in [0.2, 0.25) is 5.95 Å². The van der Waals surface area contributed by atoms with E-state index >= 15 is 0 Å². The molecule has 1 aliphatic carbocycles. The van der Waals surface area contributed by atoms with Gasteiger partial charge < -0.3 is 19.7 Å². The Labute approximate surface area is 158 Å². The molecule has 0 radical (unpaired) electrons. The molecule has 1 N–H and O–H groups in total. The van der Waals surface area contributed by atoms with Gasteiger partial charge in [-0.25, -0.2) is 9.97 Å². The molecule has 0 saturated heterocycles. The van der Waals surface area contributed by atoms with Crippen LogP contribution >= 0.6 is 0 Å². The molecule has 0 bridgehead atoms. The quantitative estimate of drug-likeness (QED) is 0.874. The lowest BCUT2D eigenvalue weighted by atomic mass is 9.98. The molecule has 2 aromatic rings. The van der Waals surface area contributed by atoms with Crippen LogP contribution in [0.15, 0.2) is 18.2 Å².